The third-order valence-corrected chi connectivity index (χ3v) is 4.85. The van der Waals surface area contributed by atoms with Crippen LogP contribution in [-0.2, 0) is 6.54 Å². The lowest BCUT2D eigenvalue weighted by molar-refractivity contribution is 0.0934. The van der Waals surface area contributed by atoms with Crippen LogP contribution >= 0.6 is 0 Å². The number of hydrogen-bond donors (Lipinski definition) is 1. The van der Waals surface area contributed by atoms with Gasteiger partial charge in [0, 0.05) is 18.2 Å². The number of hydrogen-bond acceptors (Lipinski definition) is 5. The minimum absolute atomic E-state index is 0.0830. The van der Waals surface area contributed by atoms with E-state index in [1.54, 1.807) is 7.11 Å². The molecule has 0 saturated heterocycles. The van der Waals surface area contributed by atoms with Crippen LogP contribution < -0.4 is 15.6 Å². The van der Waals surface area contributed by atoms with Crippen molar-refractivity contribution in [2.24, 2.45) is 0 Å². The highest BCUT2D eigenvalue weighted by Crippen LogP contribution is 2.27. The van der Waals surface area contributed by atoms with Gasteiger partial charge in [-0.3, -0.25) is 9.59 Å². The molecule has 1 heterocycles. The van der Waals surface area contributed by atoms with Gasteiger partial charge in [-0.25, -0.2) is 4.68 Å². The molecule has 1 N–H and O–H groups in total. The normalized spacial score (nSPS) is 11.9. The van der Waals surface area contributed by atoms with E-state index in [2.05, 4.69) is 10.4 Å². The number of para-hydroxylation sites is 1. The third-order valence-electron chi connectivity index (χ3n) is 4.85. The SMILES string of the molecule is COc1ccccc1C(CNC(=O)c1ccc(=O)n(Cc2ccccc2)n1)N(C)C. The summed E-state index contributed by atoms with van der Waals surface area (Å²) < 4.78 is 6.76. The Bertz CT molecular complexity index is 1050. The average Bonchev–Trinajstić information content (AvgIpc) is 2.76. The number of carbonyl (C=O) groups excluding carboxylic acids is 1. The van der Waals surface area contributed by atoms with Gasteiger partial charge in [-0.1, -0.05) is 48.5 Å². The second kappa shape index (κ2) is 9.84. The zero-order valence-electron chi connectivity index (χ0n) is 17.4. The van der Waals surface area contributed by atoms with E-state index >= 15 is 0 Å². The number of nitrogens with one attached hydrogen (secondary N) is 1. The van der Waals surface area contributed by atoms with Crippen LogP contribution in [0.1, 0.15) is 27.7 Å². The number of nitrogens with zero attached hydrogens (tertiary/aromatic N) is 3. The van der Waals surface area contributed by atoms with E-state index < -0.39 is 0 Å². The molecule has 0 bridgehead atoms. The van der Waals surface area contributed by atoms with Crippen LogP contribution in [0, 0.1) is 0 Å². The number of amides is 1. The Labute approximate surface area is 175 Å². The molecule has 0 aliphatic carbocycles. The molecule has 0 aliphatic heterocycles. The molecule has 7 heteroatoms. The zero-order chi connectivity index (χ0) is 21.5. The number of likely N-dealkylation sites (N-methyl/N-ethyl adjacent to an activating group) is 1. The Kier molecular flexibility index (Phi) is 6.98. The van der Waals surface area contributed by atoms with E-state index in [4.69, 9.17) is 4.74 Å². The number of aromatic nitrogens is 2. The lowest BCUT2D eigenvalue weighted by Crippen LogP contribution is -2.36. The monoisotopic (exact) mass is 406 g/mol. The van der Waals surface area contributed by atoms with Crippen LogP contribution in [0.25, 0.3) is 0 Å². The Morgan fingerprint density at radius 2 is 1.77 bits per heavy atom. The Balaban J connectivity index is 1.75. The summed E-state index contributed by atoms with van der Waals surface area (Å²) in [6, 6.07) is 20.0. The van der Waals surface area contributed by atoms with E-state index in [0.717, 1.165) is 16.9 Å². The number of ether oxygens (including phenoxy) is 1. The quantitative estimate of drug-likeness (QED) is 0.621. The molecule has 0 saturated carbocycles. The minimum Gasteiger partial charge on any atom is -0.496 e. The van der Waals surface area contributed by atoms with Crippen LogP contribution in [0.3, 0.4) is 0 Å². The number of benzene rings is 2. The summed E-state index contributed by atoms with van der Waals surface area (Å²) in [5.41, 5.74) is 1.86. The van der Waals surface area contributed by atoms with Gasteiger partial charge in [0.05, 0.1) is 19.7 Å². The molecule has 0 aliphatic rings. The van der Waals surface area contributed by atoms with Crippen molar-refractivity contribution in [3.05, 3.63) is 93.9 Å². The molecule has 7 nitrogen and oxygen atoms in total. The van der Waals surface area contributed by atoms with E-state index in [-0.39, 0.29) is 23.2 Å². The van der Waals surface area contributed by atoms with Gasteiger partial charge in [0.25, 0.3) is 11.5 Å². The molecule has 1 amide bonds. The van der Waals surface area contributed by atoms with Gasteiger partial charge in [0.15, 0.2) is 0 Å². The van der Waals surface area contributed by atoms with E-state index in [1.807, 2.05) is 73.6 Å². The summed E-state index contributed by atoms with van der Waals surface area (Å²) in [6.45, 7) is 0.675. The highest BCUT2D eigenvalue weighted by atomic mass is 16.5. The van der Waals surface area contributed by atoms with Crippen molar-refractivity contribution in [3.8, 4) is 5.75 Å². The standard InChI is InChI=1S/C23H26N4O3/c1-26(2)20(18-11-7-8-12-21(18)30-3)15-24-23(29)19-13-14-22(28)27(25-19)16-17-9-5-4-6-10-17/h4-14,20H,15-16H2,1-3H3,(H,24,29). The summed E-state index contributed by atoms with van der Waals surface area (Å²) in [4.78, 5) is 26.9. The summed E-state index contributed by atoms with van der Waals surface area (Å²) in [7, 11) is 5.52. The van der Waals surface area contributed by atoms with Crippen molar-refractivity contribution in [3.63, 3.8) is 0 Å². The third kappa shape index (κ3) is 5.12. The molecule has 0 radical (unpaired) electrons. The second-order valence-corrected chi connectivity index (χ2v) is 7.13. The molecule has 1 aromatic heterocycles. The van der Waals surface area contributed by atoms with Crippen molar-refractivity contribution in [1.29, 1.82) is 0 Å². The molecule has 156 valence electrons. The lowest BCUT2D eigenvalue weighted by Gasteiger charge is -2.26. The largest absolute Gasteiger partial charge is 0.496 e. The zero-order valence-corrected chi connectivity index (χ0v) is 17.4. The number of carbonyl (C=O) groups is 1. The molecule has 1 atom stereocenters. The highest BCUT2D eigenvalue weighted by molar-refractivity contribution is 5.92. The van der Waals surface area contributed by atoms with Crippen LogP contribution in [0.2, 0.25) is 0 Å². The summed E-state index contributed by atoms with van der Waals surface area (Å²) in [6.07, 6.45) is 0. The maximum atomic E-state index is 12.7. The smallest absolute Gasteiger partial charge is 0.271 e. The molecular weight excluding hydrogens is 380 g/mol. The van der Waals surface area contributed by atoms with Gasteiger partial charge < -0.3 is 15.0 Å². The van der Waals surface area contributed by atoms with Gasteiger partial charge in [0.2, 0.25) is 0 Å². The molecule has 2 aromatic carbocycles. The molecule has 3 rings (SSSR count). The first-order chi connectivity index (χ1) is 14.5. The summed E-state index contributed by atoms with van der Waals surface area (Å²) in [5.74, 6) is 0.429. The van der Waals surface area contributed by atoms with Crippen molar-refractivity contribution in [1.82, 2.24) is 20.0 Å². The van der Waals surface area contributed by atoms with Gasteiger partial charge in [-0.05, 0) is 31.8 Å². The fraction of sp³-hybridized carbons (Fsp3) is 0.261. The van der Waals surface area contributed by atoms with Crippen LogP contribution in [0.4, 0.5) is 0 Å². The van der Waals surface area contributed by atoms with Crippen molar-refractivity contribution >= 4 is 5.91 Å². The first-order valence-electron chi connectivity index (χ1n) is 9.69. The molecular formula is C23H26N4O3. The van der Waals surface area contributed by atoms with Crippen LogP contribution in [0.5, 0.6) is 5.75 Å². The number of rotatable bonds is 8. The first kappa shape index (κ1) is 21.3. The van der Waals surface area contributed by atoms with E-state index in [0.29, 0.717) is 13.1 Å². The van der Waals surface area contributed by atoms with Crippen molar-refractivity contribution in [2.45, 2.75) is 12.6 Å². The topological polar surface area (TPSA) is 76.5 Å². The fourth-order valence-corrected chi connectivity index (χ4v) is 3.23. The Hall–Kier alpha value is -3.45. The summed E-state index contributed by atoms with van der Waals surface area (Å²) >= 11 is 0. The maximum absolute atomic E-state index is 12.7. The molecule has 0 spiro atoms. The molecule has 1 unspecified atom stereocenters. The summed E-state index contributed by atoms with van der Waals surface area (Å²) in [5, 5.41) is 7.18. The Morgan fingerprint density at radius 1 is 1.07 bits per heavy atom. The van der Waals surface area contributed by atoms with Crippen molar-refractivity contribution in [2.75, 3.05) is 27.7 Å². The van der Waals surface area contributed by atoms with E-state index in [1.165, 1.54) is 16.8 Å². The Morgan fingerprint density at radius 3 is 2.47 bits per heavy atom. The first-order valence-corrected chi connectivity index (χ1v) is 9.69. The predicted molar refractivity (Wildman–Crippen MR) is 116 cm³/mol. The molecule has 3 aromatic rings. The molecule has 0 fully saturated rings. The van der Waals surface area contributed by atoms with Crippen LogP contribution in [0.15, 0.2) is 71.5 Å². The van der Waals surface area contributed by atoms with Crippen LogP contribution in [-0.4, -0.2) is 48.3 Å². The minimum atomic E-state index is -0.335. The van der Waals surface area contributed by atoms with E-state index in [9.17, 15) is 9.59 Å². The highest BCUT2D eigenvalue weighted by Gasteiger charge is 2.20. The van der Waals surface area contributed by atoms with Gasteiger partial charge >= 0.3 is 0 Å². The average molecular weight is 406 g/mol. The second-order valence-electron chi connectivity index (χ2n) is 7.13. The van der Waals surface area contributed by atoms with Gasteiger partial charge in [-0.15, -0.1) is 0 Å². The predicted octanol–water partition coefficient (Wildman–Crippen LogP) is 2.33. The lowest BCUT2D eigenvalue weighted by atomic mass is 10.0. The van der Waals surface area contributed by atoms with Gasteiger partial charge in [-0.2, -0.15) is 5.10 Å². The maximum Gasteiger partial charge on any atom is 0.271 e. The molecule has 30 heavy (non-hydrogen) atoms. The number of methoxy groups -OCH3 is 1. The van der Waals surface area contributed by atoms with Gasteiger partial charge in [0.1, 0.15) is 11.4 Å². The fourth-order valence-electron chi connectivity index (χ4n) is 3.23. The van der Waals surface area contributed by atoms with Crippen molar-refractivity contribution < 1.29 is 9.53 Å².